The van der Waals surface area contributed by atoms with Gasteiger partial charge in [-0.25, -0.2) is 9.13 Å². The summed E-state index contributed by atoms with van der Waals surface area (Å²) in [5.74, 6) is 2.38. The van der Waals surface area contributed by atoms with E-state index in [1.807, 2.05) is 0 Å². The number of phosphoric ester groups is 2. The fraction of sp³-hybridized carbons (Fsp3) is 0.564. The normalized spacial score (nSPS) is 20.6. The van der Waals surface area contributed by atoms with Crippen molar-refractivity contribution in [1.29, 1.82) is 0 Å². The second-order valence-corrected chi connectivity index (χ2v) is 24.1. The van der Waals surface area contributed by atoms with Crippen molar-refractivity contribution >= 4 is 15.6 Å². The van der Waals surface area contributed by atoms with Crippen LogP contribution in [0.4, 0.5) is 0 Å². The molecular formula is C55H78LaO9P2. The van der Waals surface area contributed by atoms with Crippen LogP contribution in [0.2, 0.25) is 0 Å². The van der Waals surface area contributed by atoms with Crippen LogP contribution in [0.5, 0.6) is 23.0 Å². The summed E-state index contributed by atoms with van der Waals surface area (Å²) in [7, 11) is -8.72. The summed E-state index contributed by atoms with van der Waals surface area (Å²) in [5, 5.41) is 0. The Labute approximate surface area is 430 Å². The molecule has 0 amide bonds. The molecule has 2 aliphatic carbocycles. The Morgan fingerprint density at radius 1 is 0.582 bits per heavy atom. The van der Waals surface area contributed by atoms with E-state index in [-0.39, 0.29) is 63.2 Å². The predicted molar refractivity (Wildman–Crippen MR) is 268 cm³/mol. The van der Waals surface area contributed by atoms with E-state index < -0.39 is 15.6 Å². The van der Waals surface area contributed by atoms with Crippen LogP contribution < -0.4 is 18.1 Å². The van der Waals surface area contributed by atoms with Gasteiger partial charge in [-0.3, -0.25) is 9.79 Å². The fourth-order valence-electron chi connectivity index (χ4n) is 11.6. The van der Waals surface area contributed by atoms with Gasteiger partial charge >= 0.3 is 15.6 Å². The van der Waals surface area contributed by atoms with Gasteiger partial charge in [0.2, 0.25) is 0 Å². The molecule has 0 spiro atoms. The smallest absolute Gasteiger partial charge is 0.412 e. The summed E-state index contributed by atoms with van der Waals surface area (Å²) < 4.78 is 50.2. The maximum absolute atomic E-state index is 13.5. The van der Waals surface area contributed by atoms with E-state index in [4.69, 9.17) is 18.1 Å². The number of aryl methyl sites for hydroxylation is 4. The zero-order chi connectivity index (χ0) is 47.1. The summed E-state index contributed by atoms with van der Waals surface area (Å²) in [6.07, 6.45) is 16.7. The molecule has 2 heterocycles. The van der Waals surface area contributed by atoms with Gasteiger partial charge in [0.15, 0.2) is 0 Å². The first-order valence-electron chi connectivity index (χ1n) is 24.6. The standard InChI is InChI=1S/C29H39O4P.C26H37O4P.La.H2O/c1-20-15-22-19-23-16-21(2)18-25(29(4)13-9-6-10-14-29)27(23)33-34(30,31)32-26(22)24(17-20)28(3)11-7-5-8-12-28;1-8-10-19(5)22-14-17(3)12-20-16-21-13-18(4)15-23(26(6,7)11-9-2)25(21)30-31(27,28)29-24(20)22;;/h15-18H,5-14,19H2,1-4H3,(H,30,31);12-15,19H,8-11,16H2,1-7H3,(H,27,28);;1H2. The van der Waals surface area contributed by atoms with Crippen molar-refractivity contribution in [2.24, 2.45) is 0 Å². The molecule has 2 unspecified atom stereocenters. The SMILES string of the molecule is CCCC(C)c1cc(C)cc2c1OP(=O)(O)Oc1c(cc(C)cc1C(C)(C)CCC)C2.Cc1cc2c(c(C3(C)CCCCC3)c1)OP(=O)(O)Oc1c(cc(C)cc1C1(C)CCCCC1)C2.O.[La]. The third-order valence-electron chi connectivity index (χ3n) is 14.9. The summed E-state index contributed by atoms with van der Waals surface area (Å²) in [6, 6.07) is 16.9. The number of phosphoric acid groups is 2. The van der Waals surface area contributed by atoms with Crippen molar-refractivity contribution in [2.45, 2.75) is 201 Å². The number of benzene rings is 4. The van der Waals surface area contributed by atoms with E-state index in [9.17, 15) is 18.9 Å². The fourth-order valence-corrected chi connectivity index (χ4v) is 13.5. The monoisotopic (exact) mass is 1080 g/mol. The van der Waals surface area contributed by atoms with E-state index in [2.05, 4.69) is 125 Å². The molecule has 4 aromatic carbocycles. The molecule has 0 saturated heterocycles. The minimum Gasteiger partial charge on any atom is -0.412 e. The molecule has 2 atom stereocenters. The molecule has 2 aliphatic heterocycles. The Hall–Kier alpha value is -2.39. The molecule has 9 nitrogen and oxygen atoms in total. The average Bonchev–Trinajstić information content (AvgIpc) is 3.21. The van der Waals surface area contributed by atoms with Crippen molar-refractivity contribution in [2.75, 3.05) is 0 Å². The minimum absolute atomic E-state index is 0. The van der Waals surface area contributed by atoms with Gasteiger partial charge in [0.05, 0.1) is 0 Å². The van der Waals surface area contributed by atoms with Gasteiger partial charge in [0.25, 0.3) is 0 Å². The molecule has 365 valence electrons. The van der Waals surface area contributed by atoms with Gasteiger partial charge in [-0.15, -0.1) is 0 Å². The van der Waals surface area contributed by atoms with Gasteiger partial charge < -0.3 is 23.6 Å². The predicted octanol–water partition coefficient (Wildman–Crippen LogP) is 15.1. The molecule has 4 aliphatic rings. The van der Waals surface area contributed by atoms with Gasteiger partial charge in [0.1, 0.15) is 23.0 Å². The maximum atomic E-state index is 13.5. The topological polar surface area (TPSA) is 143 Å². The first-order valence-corrected chi connectivity index (χ1v) is 27.5. The number of hydrogen-bond donors (Lipinski definition) is 2. The summed E-state index contributed by atoms with van der Waals surface area (Å²) in [4.78, 5) is 21.8. The van der Waals surface area contributed by atoms with Gasteiger partial charge in [-0.2, -0.15) is 0 Å². The van der Waals surface area contributed by atoms with E-state index in [1.54, 1.807) is 0 Å². The summed E-state index contributed by atoms with van der Waals surface area (Å²) >= 11 is 0. The van der Waals surface area contributed by atoms with E-state index >= 15 is 0 Å². The molecule has 0 aromatic heterocycles. The van der Waals surface area contributed by atoms with Crippen LogP contribution in [0.3, 0.4) is 0 Å². The summed E-state index contributed by atoms with van der Waals surface area (Å²) in [6.45, 7) is 23.7. The molecular weight excluding hydrogens is 1010 g/mol. The Morgan fingerprint density at radius 2 is 0.955 bits per heavy atom. The minimum atomic E-state index is -4.37. The largest absolute Gasteiger partial charge is 0.584 e. The van der Waals surface area contributed by atoms with Crippen molar-refractivity contribution in [3.63, 3.8) is 0 Å². The van der Waals surface area contributed by atoms with Crippen molar-refractivity contribution < 1.29 is 78.1 Å². The average molecular weight is 1080 g/mol. The van der Waals surface area contributed by atoms with Crippen molar-refractivity contribution in [1.82, 2.24) is 0 Å². The van der Waals surface area contributed by atoms with Crippen LogP contribution in [0.25, 0.3) is 0 Å². The van der Waals surface area contributed by atoms with E-state index in [0.29, 0.717) is 35.8 Å². The second kappa shape index (κ2) is 21.9. The third kappa shape index (κ3) is 12.6. The molecule has 67 heavy (non-hydrogen) atoms. The van der Waals surface area contributed by atoms with Gasteiger partial charge in [-0.05, 0) is 116 Å². The number of hydrogen-bond acceptors (Lipinski definition) is 6. The Kier molecular flexibility index (Phi) is 18.2. The van der Waals surface area contributed by atoms with Gasteiger partial charge in [0, 0.05) is 65.1 Å². The molecule has 12 heteroatoms. The number of rotatable bonds is 8. The quantitative estimate of drug-likeness (QED) is 0.166. The molecule has 2 fully saturated rings. The van der Waals surface area contributed by atoms with E-state index in [0.717, 1.165) is 107 Å². The van der Waals surface area contributed by atoms with Crippen LogP contribution in [-0.2, 0) is 38.2 Å². The van der Waals surface area contributed by atoms with Crippen LogP contribution >= 0.6 is 15.6 Å². The summed E-state index contributed by atoms with van der Waals surface area (Å²) in [5.41, 5.74) is 12.3. The molecule has 2 saturated carbocycles. The molecule has 4 N–H and O–H groups in total. The van der Waals surface area contributed by atoms with Crippen LogP contribution in [0.1, 0.15) is 211 Å². The Morgan fingerprint density at radius 3 is 1.39 bits per heavy atom. The zero-order valence-electron chi connectivity index (χ0n) is 42.3. The zero-order valence-corrected chi connectivity index (χ0v) is 47.7. The molecule has 1 radical (unpaired) electrons. The second-order valence-electron chi connectivity index (χ2n) is 21.5. The molecule has 0 bridgehead atoms. The third-order valence-corrected chi connectivity index (χ3v) is 16.6. The van der Waals surface area contributed by atoms with Crippen molar-refractivity contribution in [3.8, 4) is 23.0 Å². The Balaban J connectivity index is 0.000000245. The van der Waals surface area contributed by atoms with Crippen LogP contribution in [0, 0.1) is 63.3 Å². The first kappa shape index (κ1) is 55.5. The molecule has 8 rings (SSSR count). The van der Waals surface area contributed by atoms with E-state index in [1.165, 1.54) is 49.7 Å². The number of fused-ring (bicyclic) bond motifs is 4. The van der Waals surface area contributed by atoms with Gasteiger partial charge in [-0.1, -0.05) is 171 Å². The molecule has 4 aromatic rings. The van der Waals surface area contributed by atoms with Crippen LogP contribution in [-0.4, -0.2) is 15.3 Å². The first-order chi connectivity index (χ1) is 30.6. The Bertz CT molecular complexity index is 2420. The van der Waals surface area contributed by atoms with Crippen molar-refractivity contribution in [3.05, 3.63) is 115 Å². The maximum Gasteiger partial charge on any atom is 0.584 e. The van der Waals surface area contributed by atoms with Crippen LogP contribution in [0.15, 0.2) is 48.5 Å².